The van der Waals surface area contributed by atoms with Gasteiger partial charge in [-0.1, -0.05) is 0 Å². The van der Waals surface area contributed by atoms with Gasteiger partial charge in [-0.05, 0) is 0 Å². The molecule has 3 unspecified atom stereocenters. The summed E-state index contributed by atoms with van der Waals surface area (Å²) in [5, 5.41) is 18.9. The summed E-state index contributed by atoms with van der Waals surface area (Å²) in [5.41, 5.74) is 6.81. The zero-order chi connectivity index (χ0) is 13.6. The molecule has 1 aliphatic rings. The standard InChI is InChI=1S/C10H13N5O3Se/c11-10-13-8-7(9(19)14-10)12-3-15(8)6-1-4(17)5(2-16)18-6/h3-6,16-17H,1-2H2,(H3,11,13,14,19). The van der Waals surface area contributed by atoms with Gasteiger partial charge in [-0.15, -0.1) is 0 Å². The summed E-state index contributed by atoms with van der Waals surface area (Å²) >= 11 is 2.29. The molecule has 3 atom stereocenters. The molecule has 1 saturated heterocycles. The van der Waals surface area contributed by atoms with Crippen LogP contribution in [0.3, 0.4) is 0 Å². The molecule has 19 heavy (non-hydrogen) atoms. The Morgan fingerprint density at radius 2 is 2.32 bits per heavy atom. The number of rotatable bonds is 2. The number of hydrogen-bond donors (Lipinski definition) is 3. The normalized spacial score (nSPS) is 27.2. The Kier molecular flexibility index (Phi) is 3.15. The van der Waals surface area contributed by atoms with E-state index in [0.717, 1.165) is 0 Å². The van der Waals surface area contributed by atoms with E-state index in [1.807, 2.05) is 0 Å². The molecule has 0 saturated carbocycles. The summed E-state index contributed by atoms with van der Waals surface area (Å²) in [4.78, 5) is 12.4. The first kappa shape index (κ1) is 12.8. The summed E-state index contributed by atoms with van der Waals surface area (Å²) in [6, 6.07) is 0. The number of aliphatic hydroxyl groups is 2. The molecule has 2 aromatic heterocycles. The Bertz CT molecular complexity index is 618. The first-order chi connectivity index (χ1) is 9.10. The number of nitrogens with two attached hydrogens (primary N) is 1. The molecule has 4 N–H and O–H groups in total. The van der Waals surface area contributed by atoms with Gasteiger partial charge in [0.15, 0.2) is 0 Å². The monoisotopic (exact) mass is 331 g/mol. The number of nitrogen functional groups attached to an aromatic ring is 1. The molecule has 0 bridgehead atoms. The Balaban J connectivity index is 2.02. The van der Waals surface area contributed by atoms with Crippen molar-refractivity contribution in [1.82, 2.24) is 19.5 Å². The summed E-state index contributed by atoms with van der Waals surface area (Å²) in [6.45, 7) is -0.225. The number of fused-ring (bicyclic) bond motifs is 1. The maximum atomic E-state index is 9.76. The van der Waals surface area contributed by atoms with Gasteiger partial charge in [0.25, 0.3) is 0 Å². The van der Waals surface area contributed by atoms with Crippen molar-refractivity contribution in [1.29, 1.82) is 0 Å². The van der Waals surface area contributed by atoms with Gasteiger partial charge in [0.2, 0.25) is 0 Å². The van der Waals surface area contributed by atoms with Crippen molar-refractivity contribution in [3.63, 3.8) is 0 Å². The quantitative estimate of drug-likeness (QED) is 0.524. The van der Waals surface area contributed by atoms with Crippen LogP contribution in [-0.2, 0) is 4.74 Å². The molecule has 1 aliphatic heterocycles. The van der Waals surface area contributed by atoms with Gasteiger partial charge in [0.1, 0.15) is 0 Å². The van der Waals surface area contributed by atoms with E-state index in [9.17, 15) is 5.11 Å². The van der Waals surface area contributed by atoms with Crippen LogP contribution in [0, 0.1) is 0 Å². The SMILES string of the molecule is Nc1nc([SeH])c2ncn(C3CC(O)C(CO)O3)c2n1. The van der Waals surface area contributed by atoms with Gasteiger partial charge in [0.05, 0.1) is 0 Å². The number of ether oxygens (including phenoxy) is 1. The van der Waals surface area contributed by atoms with Gasteiger partial charge in [-0.25, -0.2) is 0 Å². The minimum absolute atomic E-state index is 0.155. The fourth-order valence-corrected chi connectivity index (χ4v) is 2.72. The van der Waals surface area contributed by atoms with Crippen molar-refractivity contribution in [3.05, 3.63) is 6.33 Å². The molecular weight excluding hydrogens is 317 g/mol. The van der Waals surface area contributed by atoms with Gasteiger partial charge in [0, 0.05) is 0 Å². The van der Waals surface area contributed by atoms with E-state index >= 15 is 0 Å². The zero-order valence-electron chi connectivity index (χ0n) is 9.84. The molecule has 2 aromatic rings. The molecule has 9 heteroatoms. The van der Waals surface area contributed by atoms with Crippen molar-refractivity contribution < 1.29 is 14.9 Å². The second-order valence-corrected chi connectivity index (χ2v) is 5.23. The van der Waals surface area contributed by atoms with Crippen LogP contribution in [0.15, 0.2) is 6.33 Å². The van der Waals surface area contributed by atoms with Crippen molar-refractivity contribution in [3.8, 4) is 0 Å². The van der Waals surface area contributed by atoms with E-state index in [4.69, 9.17) is 15.6 Å². The topological polar surface area (TPSA) is 119 Å². The molecular formula is C10H13N5O3Se. The van der Waals surface area contributed by atoms with Crippen LogP contribution in [0.25, 0.3) is 11.2 Å². The first-order valence-electron chi connectivity index (χ1n) is 5.73. The predicted molar refractivity (Wildman–Crippen MR) is 68.1 cm³/mol. The van der Waals surface area contributed by atoms with Crippen molar-refractivity contribution >= 4 is 37.7 Å². The van der Waals surface area contributed by atoms with Crippen molar-refractivity contribution in [2.75, 3.05) is 12.3 Å². The molecule has 1 fully saturated rings. The number of anilines is 1. The fourth-order valence-electron chi connectivity index (χ4n) is 2.18. The second kappa shape index (κ2) is 4.69. The average molecular weight is 330 g/mol. The third-order valence-electron chi connectivity index (χ3n) is 3.11. The zero-order valence-corrected chi connectivity index (χ0v) is 11.7. The fraction of sp³-hybridized carbons (Fsp3) is 0.500. The van der Waals surface area contributed by atoms with Crippen LogP contribution >= 0.6 is 0 Å². The third kappa shape index (κ3) is 2.09. The van der Waals surface area contributed by atoms with E-state index < -0.39 is 18.4 Å². The molecule has 0 radical (unpaired) electrons. The van der Waals surface area contributed by atoms with E-state index in [1.165, 1.54) is 0 Å². The number of hydrogen-bond acceptors (Lipinski definition) is 7. The van der Waals surface area contributed by atoms with Gasteiger partial charge in [-0.3, -0.25) is 0 Å². The summed E-state index contributed by atoms with van der Waals surface area (Å²) in [7, 11) is 0. The van der Waals surface area contributed by atoms with Crippen LogP contribution in [0.1, 0.15) is 12.6 Å². The van der Waals surface area contributed by atoms with Gasteiger partial charge < -0.3 is 0 Å². The van der Waals surface area contributed by atoms with E-state index in [2.05, 4.69) is 31.0 Å². The Hall–Kier alpha value is -1.25. The van der Waals surface area contributed by atoms with Crippen molar-refractivity contribution in [2.45, 2.75) is 24.9 Å². The Morgan fingerprint density at radius 3 is 3.00 bits per heavy atom. The molecule has 3 heterocycles. The number of nitrogens with zero attached hydrogens (tertiary/aromatic N) is 4. The molecule has 8 nitrogen and oxygen atoms in total. The maximum absolute atomic E-state index is 9.76. The Labute approximate surface area is 116 Å². The van der Waals surface area contributed by atoms with Crippen LogP contribution in [0.2, 0.25) is 0 Å². The Morgan fingerprint density at radius 1 is 1.53 bits per heavy atom. The van der Waals surface area contributed by atoms with Crippen molar-refractivity contribution in [2.24, 2.45) is 0 Å². The molecule has 3 rings (SSSR count). The molecule has 0 aliphatic carbocycles. The number of aliphatic hydroxyl groups excluding tert-OH is 2. The summed E-state index contributed by atoms with van der Waals surface area (Å²) in [6.07, 6.45) is 0.238. The van der Waals surface area contributed by atoms with E-state index in [0.29, 0.717) is 22.2 Å². The molecule has 0 spiro atoms. The van der Waals surface area contributed by atoms with Crippen LogP contribution in [0.4, 0.5) is 5.95 Å². The number of aromatic nitrogens is 4. The third-order valence-corrected chi connectivity index (χ3v) is 3.77. The van der Waals surface area contributed by atoms with E-state index in [-0.39, 0.29) is 12.6 Å². The van der Waals surface area contributed by atoms with Gasteiger partial charge >= 0.3 is 116 Å². The van der Waals surface area contributed by atoms with Gasteiger partial charge in [-0.2, -0.15) is 0 Å². The summed E-state index contributed by atoms with van der Waals surface area (Å²) < 4.78 is 7.90. The minimum atomic E-state index is -0.705. The number of imidazole rings is 1. The van der Waals surface area contributed by atoms with E-state index in [1.54, 1.807) is 10.9 Å². The van der Waals surface area contributed by atoms with Crippen LogP contribution in [-0.4, -0.2) is 64.6 Å². The van der Waals surface area contributed by atoms with Crippen LogP contribution in [0.5, 0.6) is 0 Å². The summed E-state index contributed by atoms with van der Waals surface area (Å²) in [5.74, 6) is 0.155. The molecule has 0 amide bonds. The second-order valence-electron chi connectivity index (χ2n) is 4.34. The first-order valence-corrected chi connectivity index (χ1v) is 6.67. The average Bonchev–Trinajstić information content (AvgIpc) is 2.92. The molecule has 0 aromatic carbocycles. The van der Waals surface area contributed by atoms with Crippen LogP contribution < -0.4 is 10.3 Å². The molecule has 102 valence electrons. The predicted octanol–water partition coefficient (Wildman–Crippen LogP) is -2.42.